The molecule has 0 aliphatic rings. The fourth-order valence-electron chi connectivity index (χ4n) is 1.61. The third-order valence-electron chi connectivity index (χ3n) is 2.57. The van der Waals surface area contributed by atoms with Gasteiger partial charge in [0.2, 0.25) is 0 Å². The Balaban J connectivity index is 2.79. The van der Waals surface area contributed by atoms with Gasteiger partial charge in [-0.05, 0) is 38.7 Å². The normalized spacial score (nSPS) is 11.7. The third kappa shape index (κ3) is 6.57. The van der Waals surface area contributed by atoms with Crippen molar-refractivity contribution >= 4 is 35.0 Å². The summed E-state index contributed by atoms with van der Waals surface area (Å²) in [7, 11) is 0. The first kappa shape index (κ1) is 18.0. The van der Waals surface area contributed by atoms with Gasteiger partial charge >= 0.3 is 0 Å². The fraction of sp³-hybridized carbons (Fsp3) is 0.600. The van der Waals surface area contributed by atoms with Gasteiger partial charge in [-0.15, -0.1) is 0 Å². The van der Waals surface area contributed by atoms with E-state index in [9.17, 15) is 0 Å². The Hall–Kier alpha value is -0.0900. The SMILES string of the molecule is CCSCCOc1c(Cl)cc(Cl)cc1CNC(C)(C)C. The summed E-state index contributed by atoms with van der Waals surface area (Å²) in [5, 5.41) is 4.64. The van der Waals surface area contributed by atoms with E-state index in [0.717, 1.165) is 22.8 Å². The van der Waals surface area contributed by atoms with E-state index in [1.165, 1.54) is 0 Å². The minimum atomic E-state index is 0.0319. The van der Waals surface area contributed by atoms with Crippen LogP contribution in [0, 0.1) is 0 Å². The third-order valence-corrected chi connectivity index (χ3v) is 3.94. The zero-order valence-electron chi connectivity index (χ0n) is 12.6. The molecule has 5 heteroatoms. The maximum Gasteiger partial charge on any atom is 0.142 e. The summed E-state index contributed by atoms with van der Waals surface area (Å²) in [6, 6.07) is 3.64. The molecule has 0 atom stereocenters. The molecule has 0 spiro atoms. The fourth-order valence-corrected chi connectivity index (χ4v) is 2.69. The molecular formula is C15H23Cl2NOS. The highest BCUT2D eigenvalue weighted by molar-refractivity contribution is 7.99. The lowest BCUT2D eigenvalue weighted by molar-refractivity contribution is 0.336. The van der Waals surface area contributed by atoms with Gasteiger partial charge in [-0.3, -0.25) is 0 Å². The zero-order chi connectivity index (χ0) is 15.2. The summed E-state index contributed by atoms with van der Waals surface area (Å²) in [6.07, 6.45) is 0. The first-order valence-corrected chi connectivity index (χ1v) is 8.68. The Kier molecular flexibility index (Phi) is 7.52. The smallest absolute Gasteiger partial charge is 0.142 e. The molecule has 0 heterocycles. The van der Waals surface area contributed by atoms with Crippen molar-refractivity contribution in [2.24, 2.45) is 0 Å². The second kappa shape index (κ2) is 8.38. The van der Waals surface area contributed by atoms with Crippen LogP contribution in [0.1, 0.15) is 33.3 Å². The molecule has 0 aromatic heterocycles. The minimum absolute atomic E-state index is 0.0319. The largest absolute Gasteiger partial charge is 0.491 e. The molecule has 0 radical (unpaired) electrons. The Morgan fingerprint density at radius 2 is 1.95 bits per heavy atom. The van der Waals surface area contributed by atoms with Gasteiger partial charge in [0.15, 0.2) is 0 Å². The highest BCUT2D eigenvalue weighted by Crippen LogP contribution is 2.32. The van der Waals surface area contributed by atoms with E-state index in [-0.39, 0.29) is 5.54 Å². The van der Waals surface area contributed by atoms with E-state index in [1.807, 2.05) is 17.8 Å². The van der Waals surface area contributed by atoms with E-state index in [2.05, 4.69) is 33.0 Å². The molecule has 0 saturated heterocycles. The topological polar surface area (TPSA) is 21.3 Å². The van der Waals surface area contributed by atoms with Crippen LogP contribution in [0.3, 0.4) is 0 Å². The zero-order valence-corrected chi connectivity index (χ0v) is 14.9. The summed E-state index contributed by atoms with van der Waals surface area (Å²) in [5.74, 6) is 2.79. The summed E-state index contributed by atoms with van der Waals surface area (Å²) < 4.78 is 5.84. The quantitative estimate of drug-likeness (QED) is 0.707. The summed E-state index contributed by atoms with van der Waals surface area (Å²) in [4.78, 5) is 0. The lowest BCUT2D eigenvalue weighted by Gasteiger charge is -2.22. The molecule has 0 bridgehead atoms. The number of thioether (sulfide) groups is 1. The van der Waals surface area contributed by atoms with Crippen LogP contribution in [-0.2, 0) is 6.54 Å². The number of hydrogen-bond donors (Lipinski definition) is 1. The van der Waals surface area contributed by atoms with Crippen LogP contribution >= 0.6 is 35.0 Å². The molecule has 20 heavy (non-hydrogen) atoms. The molecule has 0 amide bonds. The van der Waals surface area contributed by atoms with Crippen LogP contribution in [-0.4, -0.2) is 23.7 Å². The van der Waals surface area contributed by atoms with Crippen molar-refractivity contribution in [3.05, 3.63) is 27.7 Å². The van der Waals surface area contributed by atoms with Gasteiger partial charge in [0.1, 0.15) is 5.75 Å². The average Bonchev–Trinajstić information content (AvgIpc) is 2.33. The van der Waals surface area contributed by atoms with Crippen LogP contribution in [0.2, 0.25) is 10.0 Å². The van der Waals surface area contributed by atoms with Gasteiger partial charge in [-0.2, -0.15) is 11.8 Å². The Morgan fingerprint density at radius 3 is 2.55 bits per heavy atom. The monoisotopic (exact) mass is 335 g/mol. The molecule has 1 N–H and O–H groups in total. The van der Waals surface area contributed by atoms with Crippen LogP contribution in [0.25, 0.3) is 0 Å². The molecule has 1 aromatic carbocycles. The number of hydrogen-bond acceptors (Lipinski definition) is 3. The Bertz CT molecular complexity index is 433. The van der Waals surface area contributed by atoms with Crippen LogP contribution in [0.15, 0.2) is 12.1 Å². The summed E-state index contributed by atoms with van der Waals surface area (Å²) >= 11 is 14.2. The lowest BCUT2D eigenvalue weighted by atomic mass is 10.1. The molecule has 1 aromatic rings. The van der Waals surface area contributed by atoms with Crippen molar-refractivity contribution in [3.8, 4) is 5.75 Å². The Labute approximate surface area is 136 Å². The van der Waals surface area contributed by atoms with Crippen LogP contribution in [0.4, 0.5) is 0 Å². The van der Waals surface area contributed by atoms with Crippen molar-refractivity contribution in [1.82, 2.24) is 5.32 Å². The van der Waals surface area contributed by atoms with Crippen molar-refractivity contribution in [2.75, 3.05) is 18.1 Å². The van der Waals surface area contributed by atoms with Gasteiger partial charge in [-0.25, -0.2) is 0 Å². The van der Waals surface area contributed by atoms with Crippen molar-refractivity contribution < 1.29 is 4.74 Å². The van der Waals surface area contributed by atoms with Crippen molar-refractivity contribution in [1.29, 1.82) is 0 Å². The average molecular weight is 336 g/mol. The maximum atomic E-state index is 6.25. The van der Waals surface area contributed by atoms with E-state index in [0.29, 0.717) is 23.2 Å². The predicted octanol–water partition coefficient (Wildman–Crippen LogP) is 5.01. The van der Waals surface area contributed by atoms with E-state index < -0.39 is 0 Å². The Morgan fingerprint density at radius 1 is 1.25 bits per heavy atom. The van der Waals surface area contributed by atoms with E-state index in [4.69, 9.17) is 27.9 Å². The molecule has 0 fully saturated rings. The highest BCUT2D eigenvalue weighted by Gasteiger charge is 2.14. The second-order valence-electron chi connectivity index (χ2n) is 5.52. The molecule has 0 aliphatic heterocycles. The number of rotatable bonds is 7. The molecular weight excluding hydrogens is 313 g/mol. The summed E-state index contributed by atoms with van der Waals surface area (Å²) in [6.45, 7) is 9.84. The number of nitrogens with one attached hydrogen (secondary N) is 1. The number of benzene rings is 1. The molecule has 0 saturated carbocycles. The maximum absolute atomic E-state index is 6.25. The first-order chi connectivity index (χ1) is 9.33. The molecule has 0 unspecified atom stereocenters. The van der Waals surface area contributed by atoms with Gasteiger partial charge in [0, 0.05) is 28.4 Å². The number of ether oxygens (including phenoxy) is 1. The van der Waals surface area contributed by atoms with Gasteiger partial charge < -0.3 is 10.1 Å². The standard InChI is InChI=1S/C15H23Cl2NOS/c1-5-20-7-6-19-14-11(10-18-15(2,3)4)8-12(16)9-13(14)17/h8-9,18H,5-7,10H2,1-4H3. The first-order valence-electron chi connectivity index (χ1n) is 6.77. The minimum Gasteiger partial charge on any atom is -0.491 e. The van der Waals surface area contributed by atoms with Gasteiger partial charge in [0.05, 0.1) is 11.6 Å². The van der Waals surface area contributed by atoms with E-state index >= 15 is 0 Å². The van der Waals surface area contributed by atoms with Gasteiger partial charge in [-0.1, -0.05) is 30.1 Å². The molecule has 114 valence electrons. The summed E-state index contributed by atoms with van der Waals surface area (Å²) in [5.41, 5.74) is 1.03. The lowest BCUT2D eigenvalue weighted by Crippen LogP contribution is -2.35. The van der Waals surface area contributed by atoms with Gasteiger partial charge in [0.25, 0.3) is 0 Å². The van der Waals surface area contributed by atoms with Crippen LogP contribution in [0.5, 0.6) is 5.75 Å². The second-order valence-corrected chi connectivity index (χ2v) is 7.76. The molecule has 0 aliphatic carbocycles. The number of halogens is 2. The van der Waals surface area contributed by atoms with Crippen LogP contribution < -0.4 is 10.1 Å². The van der Waals surface area contributed by atoms with Crippen molar-refractivity contribution in [3.63, 3.8) is 0 Å². The predicted molar refractivity (Wildman–Crippen MR) is 91.5 cm³/mol. The van der Waals surface area contributed by atoms with E-state index in [1.54, 1.807) is 6.07 Å². The van der Waals surface area contributed by atoms with Crippen molar-refractivity contribution in [2.45, 2.75) is 39.8 Å². The molecule has 1 rings (SSSR count). The highest BCUT2D eigenvalue weighted by atomic mass is 35.5. The molecule has 2 nitrogen and oxygen atoms in total.